The Morgan fingerprint density at radius 2 is 1.57 bits per heavy atom. The average molecular weight is 337 g/mol. The van der Waals surface area contributed by atoms with Gasteiger partial charge >= 0.3 is 5.97 Å². The van der Waals surface area contributed by atoms with Crippen molar-refractivity contribution >= 4 is 23.6 Å². The normalized spacial score (nSPS) is 13.6. The lowest BCUT2D eigenvalue weighted by molar-refractivity contribution is -0.146. The number of hydrogen-bond acceptors (Lipinski definition) is 4. The Labute approximate surface area is 134 Å². The number of hydrogen-bond donors (Lipinski definition) is 1. The van der Waals surface area contributed by atoms with Gasteiger partial charge < -0.3 is 14.6 Å². The summed E-state index contributed by atoms with van der Waals surface area (Å²) in [5.74, 6) is 0.0384. The molecule has 0 aromatic heterocycles. The van der Waals surface area contributed by atoms with Crippen LogP contribution in [0.15, 0.2) is 0 Å². The van der Waals surface area contributed by atoms with E-state index in [-0.39, 0.29) is 18.0 Å². The Balaban J connectivity index is 0. The van der Waals surface area contributed by atoms with Gasteiger partial charge in [-0.2, -0.15) is 0 Å². The highest BCUT2D eigenvalue weighted by atomic mass is 28.3. The third-order valence-electron chi connectivity index (χ3n) is 2.81. The molecular weight excluding hydrogens is 300 g/mol. The average Bonchev–Trinajstić information content (AvgIpc) is 2.43. The lowest BCUT2D eigenvalue weighted by Crippen LogP contribution is -2.20. The van der Waals surface area contributed by atoms with Crippen molar-refractivity contribution in [3.63, 3.8) is 0 Å². The van der Waals surface area contributed by atoms with E-state index in [9.17, 15) is 4.79 Å². The minimum absolute atomic E-state index is 0.0336. The van der Waals surface area contributed by atoms with Gasteiger partial charge in [0, 0.05) is 6.23 Å². The molecule has 0 radical (unpaired) electrons. The first-order valence-corrected chi connectivity index (χ1v) is 14.4. The van der Waals surface area contributed by atoms with Crippen molar-refractivity contribution in [2.75, 3.05) is 19.1 Å². The van der Waals surface area contributed by atoms with E-state index in [1.165, 1.54) is 0 Å². The molecule has 0 spiro atoms. The van der Waals surface area contributed by atoms with E-state index in [0.717, 1.165) is 19.1 Å². The van der Waals surface area contributed by atoms with E-state index in [0.29, 0.717) is 12.8 Å². The fraction of sp³-hybridized carbons (Fsp3) is 0.933. The second-order valence-corrected chi connectivity index (χ2v) is 12.6. The number of aliphatic hydroxyl groups excluding tert-OH is 1. The first-order chi connectivity index (χ1) is 9.74. The minimum Gasteiger partial charge on any atom is -0.470 e. The van der Waals surface area contributed by atoms with E-state index in [4.69, 9.17) is 14.6 Å². The zero-order valence-electron chi connectivity index (χ0n) is 15.0. The summed E-state index contributed by atoms with van der Waals surface area (Å²) >= 11 is 0. The molecule has 4 nitrogen and oxygen atoms in total. The van der Waals surface area contributed by atoms with Gasteiger partial charge in [0.1, 0.15) is 0 Å². The summed E-state index contributed by atoms with van der Waals surface area (Å²) in [6.07, 6.45) is 2.98. The Hall–Kier alpha value is -0.176. The molecule has 0 aliphatic heterocycles. The van der Waals surface area contributed by atoms with E-state index in [1.54, 1.807) is 0 Å². The molecule has 0 aliphatic rings. The van der Waals surface area contributed by atoms with Crippen LogP contribution in [-0.4, -0.2) is 53.8 Å². The summed E-state index contributed by atoms with van der Waals surface area (Å²) in [7, 11) is -1.30. The quantitative estimate of drug-likeness (QED) is 0.519. The molecule has 0 rings (SSSR count). The number of ether oxygens (including phenoxy) is 2. The van der Waals surface area contributed by atoms with Crippen molar-refractivity contribution in [3.05, 3.63) is 0 Å². The van der Waals surface area contributed by atoms with Crippen LogP contribution in [0.4, 0.5) is 0 Å². The van der Waals surface area contributed by atoms with Crippen LogP contribution in [0.25, 0.3) is 0 Å². The molecule has 128 valence electrons. The molecule has 0 aromatic rings. The van der Waals surface area contributed by atoms with Gasteiger partial charge in [-0.25, -0.2) is 0 Å². The molecule has 6 heteroatoms. The van der Waals surface area contributed by atoms with Gasteiger partial charge in [0.15, 0.2) is 0 Å². The van der Waals surface area contributed by atoms with Crippen molar-refractivity contribution in [2.45, 2.75) is 65.9 Å². The third-order valence-corrected chi connectivity index (χ3v) is 4.54. The van der Waals surface area contributed by atoms with E-state index in [2.05, 4.69) is 26.2 Å². The van der Waals surface area contributed by atoms with Gasteiger partial charge in [0.05, 0.1) is 42.5 Å². The smallest absolute Gasteiger partial charge is 0.308 e. The molecule has 2 unspecified atom stereocenters. The van der Waals surface area contributed by atoms with Crippen LogP contribution >= 0.6 is 0 Å². The second-order valence-electron chi connectivity index (χ2n) is 6.33. The number of esters is 1. The number of carbonyl (C=O) groups is 1. The minimum atomic E-state index is -0.722. The largest absolute Gasteiger partial charge is 0.470 e. The summed E-state index contributed by atoms with van der Waals surface area (Å²) in [6.45, 7) is 15.2. The first kappa shape index (κ1) is 23.1. The van der Waals surface area contributed by atoms with Gasteiger partial charge in [0.25, 0.3) is 0 Å². The molecule has 1 N–H and O–H groups in total. The lowest BCUT2D eigenvalue weighted by atomic mass is 10.1. The van der Waals surface area contributed by atoms with Gasteiger partial charge in [-0.05, 0) is 12.8 Å². The molecule has 0 aromatic carbocycles. The Kier molecular flexibility index (Phi) is 16.2. The molecular formula is C15H36O4Si2. The number of carbonyl (C=O) groups excluding carboxylic acids is 1. The molecule has 0 amide bonds. The van der Waals surface area contributed by atoms with Crippen LogP contribution in [0.2, 0.25) is 26.2 Å². The predicted octanol–water partition coefficient (Wildman–Crippen LogP) is 2.40. The van der Waals surface area contributed by atoms with Crippen LogP contribution in [0.3, 0.4) is 0 Å². The van der Waals surface area contributed by atoms with Gasteiger partial charge in [-0.3, -0.25) is 4.79 Å². The van der Waals surface area contributed by atoms with Crippen molar-refractivity contribution in [1.82, 2.24) is 0 Å². The van der Waals surface area contributed by atoms with Gasteiger partial charge in [0.2, 0.25) is 0 Å². The number of aliphatic hydroxyl groups is 1. The lowest BCUT2D eigenvalue weighted by Gasteiger charge is -2.09. The number of rotatable bonds is 9. The third kappa shape index (κ3) is 17.8. The van der Waals surface area contributed by atoms with Gasteiger partial charge in [-0.1, -0.05) is 47.0 Å². The first-order valence-electron chi connectivity index (χ1n) is 8.16. The summed E-state index contributed by atoms with van der Waals surface area (Å²) < 4.78 is 10.3. The predicted molar refractivity (Wildman–Crippen MR) is 95.3 cm³/mol. The maximum atomic E-state index is 11.1. The van der Waals surface area contributed by atoms with Crippen molar-refractivity contribution in [2.24, 2.45) is 5.92 Å². The SMILES string of the molecule is CCC(C)C(=O)OC[SiH](C)C.CCC(O)COC[SiH](C)C. The summed E-state index contributed by atoms with van der Waals surface area (Å²) in [5, 5.41) is 9.06. The van der Waals surface area contributed by atoms with Crippen LogP contribution in [-0.2, 0) is 14.3 Å². The van der Waals surface area contributed by atoms with Crippen LogP contribution < -0.4 is 0 Å². The van der Waals surface area contributed by atoms with Crippen molar-refractivity contribution < 1.29 is 19.4 Å². The van der Waals surface area contributed by atoms with E-state index < -0.39 is 17.6 Å². The fourth-order valence-electron chi connectivity index (χ4n) is 1.12. The van der Waals surface area contributed by atoms with E-state index >= 15 is 0 Å². The standard InChI is InChI=1S/C8H18O2Si.C7H18O2Si/c1-5-7(2)8(9)10-6-11(3)4;1-4-7(8)5-9-6-10(2)3/h7,11H,5-6H2,1-4H3;7-8,10H,4-6H2,1-3H3. The summed E-state index contributed by atoms with van der Waals surface area (Å²) in [4.78, 5) is 11.1. The Bertz CT molecular complexity index is 248. The fourth-order valence-corrected chi connectivity index (χ4v) is 2.22. The van der Waals surface area contributed by atoms with Crippen molar-refractivity contribution in [3.8, 4) is 0 Å². The molecule has 0 fully saturated rings. The molecule has 0 bridgehead atoms. The van der Waals surface area contributed by atoms with Crippen LogP contribution in [0, 0.1) is 5.92 Å². The highest BCUT2D eigenvalue weighted by Crippen LogP contribution is 2.03. The topological polar surface area (TPSA) is 55.8 Å². The molecule has 2 atom stereocenters. The highest BCUT2D eigenvalue weighted by molar-refractivity contribution is 6.55. The molecule has 0 heterocycles. The molecule has 0 saturated carbocycles. The summed E-state index contributed by atoms with van der Waals surface area (Å²) in [5.41, 5.74) is 0. The Morgan fingerprint density at radius 3 is 1.95 bits per heavy atom. The zero-order valence-corrected chi connectivity index (χ0v) is 17.3. The second kappa shape index (κ2) is 14.7. The zero-order chi connectivity index (χ0) is 16.8. The monoisotopic (exact) mass is 336 g/mol. The van der Waals surface area contributed by atoms with Crippen molar-refractivity contribution in [1.29, 1.82) is 0 Å². The van der Waals surface area contributed by atoms with E-state index in [1.807, 2.05) is 20.8 Å². The van der Waals surface area contributed by atoms with Crippen LogP contribution in [0.5, 0.6) is 0 Å². The molecule has 0 saturated heterocycles. The highest BCUT2D eigenvalue weighted by Gasteiger charge is 2.11. The molecule has 21 heavy (non-hydrogen) atoms. The van der Waals surface area contributed by atoms with Crippen LogP contribution in [0.1, 0.15) is 33.6 Å². The maximum Gasteiger partial charge on any atom is 0.308 e. The maximum absolute atomic E-state index is 11.1. The Morgan fingerprint density at radius 1 is 1.05 bits per heavy atom. The molecule has 0 aliphatic carbocycles. The summed E-state index contributed by atoms with van der Waals surface area (Å²) in [6, 6.07) is 0. The van der Waals surface area contributed by atoms with Gasteiger partial charge in [-0.15, -0.1) is 0 Å².